The average Bonchev–Trinajstić information content (AvgIpc) is 3.02. The molecule has 1 aliphatic heterocycles. The average molecular weight is 473 g/mol. The summed E-state index contributed by atoms with van der Waals surface area (Å²) in [6.07, 6.45) is 0.590. The van der Waals surface area contributed by atoms with Gasteiger partial charge in [0.25, 0.3) is 11.8 Å². The van der Waals surface area contributed by atoms with Crippen LogP contribution in [0.15, 0.2) is 76.4 Å². The van der Waals surface area contributed by atoms with Crippen molar-refractivity contribution >= 4 is 29.3 Å². The lowest BCUT2D eigenvalue weighted by Gasteiger charge is -2.15. The Balaban J connectivity index is 1.63. The second-order valence-corrected chi connectivity index (χ2v) is 9.62. The van der Waals surface area contributed by atoms with Crippen molar-refractivity contribution < 1.29 is 9.59 Å². The van der Waals surface area contributed by atoms with Crippen molar-refractivity contribution in [1.82, 2.24) is 14.9 Å². The molecular formula is C27H28N4O2S. The highest BCUT2D eigenvalue weighted by Crippen LogP contribution is 2.35. The first kappa shape index (κ1) is 23.7. The fraction of sp³-hybridized carbons (Fsp3) is 0.259. The van der Waals surface area contributed by atoms with E-state index in [4.69, 9.17) is 0 Å². The molecule has 0 fully saturated rings. The minimum Gasteiger partial charge on any atom is -0.350 e. The summed E-state index contributed by atoms with van der Waals surface area (Å²) in [5, 5.41) is 3.66. The maximum atomic E-state index is 13.4. The number of nitrogens with zero attached hydrogens (tertiary/aromatic N) is 3. The molecule has 2 heterocycles. The molecule has 0 spiro atoms. The molecule has 1 aliphatic rings. The number of hydrogen-bond acceptors (Lipinski definition) is 6. The monoisotopic (exact) mass is 472 g/mol. The van der Waals surface area contributed by atoms with E-state index < -0.39 is 0 Å². The Morgan fingerprint density at radius 3 is 2.18 bits per heavy atom. The van der Waals surface area contributed by atoms with Crippen molar-refractivity contribution in [2.75, 3.05) is 11.9 Å². The molecule has 0 atom stereocenters. The number of benzene rings is 2. The van der Waals surface area contributed by atoms with Crippen molar-refractivity contribution in [3.8, 4) is 0 Å². The summed E-state index contributed by atoms with van der Waals surface area (Å²) in [5.74, 6) is -0.250. The van der Waals surface area contributed by atoms with Gasteiger partial charge in [-0.25, -0.2) is 9.97 Å². The van der Waals surface area contributed by atoms with Gasteiger partial charge in [-0.05, 0) is 67.3 Å². The molecule has 4 rings (SSSR count). The van der Waals surface area contributed by atoms with Gasteiger partial charge < -0.3 is 5.32 Å². The van der Waals surface area contributed by atoms with E-state index in [2.05, 4.69) is 29.1 Å². The van der Waals surface area contributed by atoms with Gasteiger partial charge in [0.05, 0.1) is 0 Å². The first-order valence-corrected chi connectivity index (χ1v) is 12.1. The van der Waals surface area contributed by atoms with Crippen molar-refractivity contribution in [2.24, 2.45) is 0 Å². The van der Waals surface area contributed by atoms with Gasteiger partial charge in [0.15, 0.2) is 5.16 Å². The fourth-order valence-corrected chi connectivity index (χ4v) is 4.77. The number of imide groups is 1. The predicted octanol–water partition coefficient (Wildman–Crippen LogP) is 5.24. The number of thioether (sulfide) groups is 1. The minimum atomic E-state index is -0.333. The smallest absolute Gasteiger partial charge is 0.278 e. The molecular weight excluding hydrogens is 444 g/mol. The number of rotatable bonds is 8. The third kappa shape index (κ3) is 5.37. The van der Waals surface area contributed by atoms with E-state index in [0.29, 0.717) is 28.9 Å². The largest absolute Gasteiger partial charge is 0.350 e. The molecule has 0 bridgehead atoms. The molecule has 0 aliphatic carbocycles. The summed E-state index contributed by atoms with van der Waals surface area (Å²) < 4.78 is 0. The number of aromatic nitrogens is 2. The standard InChI is InChI=1S/C27H28N4O2S/c1-17(2)21-10-12-22(13-11-21)30-23-24(34-27-28-18(3)16-19(4)29-27)26(33)31(25(23)32)15-14-20-8-6-5-7-9-20/h5-13,16-17,30H,14-15H2,1-4H3. The minimum absolute atomic E-state index is 0.267. The molecule has 7 heteroatoms. The maximum Gasteiger partial charge on any atom is 0.278 e. The zero-order valence-electron chi connectivity index (χ0n) is 19.8. The molecule has 34 heavy (non-hydrogen) atoms. The van der Waals surface area contributed by atoms with Crippen LogP contribution in [0.5, 0.6) is 0 Å². The molecule has 0 saturated heterocycles. The second-order valence-electron chi connectivity index (χ2n) is 8.64. The lowest BCUT2D eigenvalue weighted by molar-refractivity contribution is -0.137. The number of hydrogen-bond donors (Lipinski definition) is 1. The van der Waals surface area contributed by atoms with E-state index in [0.717, 1.165) is 34.4 Å². The third-order valence-electron chi connectivity index (χ3n) is 5.59. The zero-order valence-corrected chi connectivity index (χ0v) is 20.6. The van der Waals surface area contributed by atoms with Gasteiger partial charge in [-0.3, -0.25) is 14.5 Å². The Morgan fingerprint density at radius 1 is 0.912 bits per heavy atom. The van der Waals surface area contributed by atoms with Crippen molar-refractivity contribution in [1.29, 1.82) is 0 Å². The van der Waals surface area contributed by atoms with Gasteiger partial charge in [0, 0.05) is 23.6 Å². The fourth-order valence-electron chi connectivity index (χ4n) is 3.77. The van der Waals surface area contributed by atoms with Crippen LogP contribution in [-0.4, -0.2) is 33.2 Å². The molecule has 2 aromatic carbocycles. The molecule has 1 N–H and O–H groups in total. The summed E-state index contributed by atoms with van der Waals surface area (Å²) in [6, 6.07) is 19.6. The Hall–Kier alpha value is -3.45. The summed E-state index contributed by atoms with van der Waals surface area (Å²) >= 11 is 1.14. The molecule has 3 aromatic rings. The summed E-state index contributed by atoms with van der Waals surface area (Å²) in [5.41, 5.74) is 4.92. The number of carbonyl (C=O) groups excluding carboxylic acids is 2. The highest BCUT2D eigenvalue weighted by atomic mass is 32.2. The molecule has 1 aromatic heterocycles. The Bertz CT molecular complexity index is 1220. The molecule has 0 unspecified atom stereocenters. The van der Waals surface area contributed by atoms with E-state index in [1.54, 1.807) is 0 Å². The van der Waals surface area contributed by atoms with E-state index in [9.17, 15) is 9.59 Å². The summed E-state index contributed by atoms with van der Waals surface area (Å²) in [4.78, 5) is 37.3. The van der Waals surface area contributed by atoms with E-state index in [1.165, 1.54) is 10.5 Å². The van der Waals surface area contributed by atoms with Crippen LogP contribution in [0.25, 0.3) is 0 Å². The molecule has 0 saturated carbocycles. The van der Waals surface area contributed by atoms with Crippen LogP contribution in [0.2, 0.25) is 0 Å². The first-order valence-electron chi connectivity index (χ1n) is 11.3. The highest BCUT2D eigenvalue weighted by molar-refractivity contribution is 8.04. The van der Waals surface area contributed by atoms with Gasteiger partial charge in [0.2, 0.25) is 0 Å². The Morgan fingerprint density at radius 2 is 1.56 bits per heavy atom. The van der Waals surface area contributed by atoms with Crippen LogP contribution in [0.3, 0.4) is 0 Å². The van der Waals surface area contributed by atoms with Crippen LogP contribution in [0, 0.1) is 13.8 Å². The first-order chi connectivity index (χ1) is 16.3. The van der Waals surface area contributed by atoms with Gasteiger partial charge in [-0.1, -0.05) is 56.3 Å². The molecule has 2 amide bonds. The number of nitrogens with one attached hydrogen (secondary N) is 1. The Kier molecular flexibility index (Phi) is 7.12. The van der Waals surface area contributed by atoms with Crippen LogP contribution in [0.4, 0.5) is 5.69 Å². The number of carbonyl (C=O) groups is 2. The van der Waals surface area contributed by atoms with Crippen molar-refractivity contribution in [3.63, 3.8) is 0 Å². The van der Waals surface area contributed by atoms with Gasteiger partial charge in [-0.15, -0.1) is 0 Å². The Labute approximate surface area is 204 Å². The van der Waals surface area contributed by atoms with Crippen LogP contribution in [0.1, 0.15) is 42.3 Å². The summed E-state index contributed by atoms with van der Waals surface area (Å²) in [7, 11) is 0. The normalized spacial score (nSPS) is 13.9. The lowest BCUT2D eigenvalue weighted by Crippen LogP contribution is -2.34. The number of aryl methyl sites for hydroxylation is 2. The highest BCUT2D eigenvalue weighted by Gasteiger charge is 2.39. The van der Waals surface area contributed by atoms with Gasteiger partial charge in [-0.2, -0.15) is 0 Å². The van der Waals surface area contributed by atoms with E-state index in [-0.39, 0.29) is 17.5 Å². The topological polar surface area (TPSA) is 75.2 Å². The van der Waals surface area contributed by atoms with Crippen molar-refractivity contribution in [3.05, 3.63) is 93.8 Å². The van der Waals surface area contributed by atoms with Crippen LogP contribution >= 0.6 is 11.8 Å². The molecule has 0 radical (unpaired) electrons. The van der Waals surface area contributed by atoms with Gasteiger partial charge >= 0.3 is 0 Å². The van der Waals surface area contributed by atoms with Crippen LogP contribution in [-0.2, 0) is 16.0 Å². The second kappa shape index (κ2) is 10.2. The quantitative estimate of drug-likeness (QED) is 0.357. The molecule has 174 valence electrons. The molecule has 6 nitrogen and oxygen atoms in total. The number of anilines is 1. The number of amides is 2. The van der Waals surface area contributed by atoms with Crippen molar-refractivity contribution in [2.45, 2.75) is 45.2 Å². The van der Waals surface area contributed by atoms with E-state index in [1.807, 2.05) is 74.5 Å². The SMILES string of the molecule is Cc1cc(C)nc(SC2=C(Nc3ccc(C(C)C)cc3)C(=O)N(CCc3ccccc3)C2=O)n1. The van der Waals surface area contributed by atoms with E-state index >= 15 is 0 Å². The third-order valence-corrected chi connectivity index (χ3v) is 6.54. The lowest BCUT2D eigenvalue weighted by atomic mass is 10.0. The van der Waals surface area contributed by atoms with Crippen LogP contribution < -0.4 is 5.32 Å². The summed E-state index contributed by atoms with van der Waals surface area (Å²) in [6.45, 7) is 8.34. The van der Waals surface area contributed by atoms with Gasteiger partial charge in [0.1, 0.15) is 10.6 Å². The predicted molar refractivity (Wildman–Crippen MR) is 135 cm³/mol. The zero-order chi connectivity index (χ0) is 24.2. The maximum absolute atomic E-state index is 13.4.